The highest BCUT2D eigenvalue weighted by Gasteiger charge is 2.74. The second-order valence-corrected chi connectivity index (χ2v) is 14.5. The number of rotatable bonds is 6. The second kappa shape index (κ2) is 11.1. The lowest BCUT2D eigenvalue weighted by molar-refractivity contribution is -0.143. The Morgan fingerprint density at radius 3 is 2.33 bits per heavy atom. The fourth-order valence-electron chi connectivity index (χ4n) is 7.64. The van der Waals surface area contributed by atoms with Gasteiger partial charge in [0.25, 0.3) is 5.91 Å². The maximum Gasteiger partial charge on any atom is 0.251 e. The van der Waals surface area contributed by atoms with Crippen molar-refractivity contribution in [1.29, 1.82) is 0 Å². The van der Waals surface area contributed by atoms with E-state index in [1.165, 1.54) is 0 Å². The molecule has 2 fully saturated rings. The van der Waals surface area contributed by atoms with Gasteiger partial charge in [0.05, 0.1) is 39.9 Å². The van der Waals surface area contributed by atoms with Crippen molar-refractivity contribution in [1.82, 2.24) is 4.90 Å². The van der Waals surface area contributed by atoms with E-state index < -0.39 is 33.4 Å². The van der Waals surface area contributed by atoms with Gasteiger partial charge in [-0.15, -0.1) is 11.8 Å². The first kappa shape index (κ1) is 30.0. The molecule has 2 aromatic rings. The van der Waals surface area contributed by atoms with Gasteiger partial charge in [0, 0.05) is 23.5 Å². The Balaban J connectivity index is 1.53. The molecule has 0 aliphatic carbocycles. The van der Waals surface area contributed by atoms with Crippen LogP contribution in [-0.2, 0) is 14.4 Å². The number of carbonyl (C=O) groups is 3. The van der Waals surface area contributed by atoms with Crippen molar-refractivity contribution in [2.24, 2.45) is 17.8 Å². The molecule has 0 saturated carbocycles. The minimum atomic E-state index is -1.02. The van der Waals surface area contributed by atoms with Crippen LogP contribution in [-0.4, -0.2) is 69.0 Å². The largest absolute Gasteiger partial charge is 0.394 e. The average molecular weight is 620 g/mol. The molecule has 2 saturated heterocycles. The standard InChI is InChI=1S/C34H38ClN3O4S/c1-5-21(2)25(20-39)38-29-32(42)37(28-22(3)12-9-15-24(28)35)19-11-17-34(29)27(31(38)41)26-30(40)36(23-13-7-6-8-14-23)18-10-16-33(26,4)43-34/h6-17,21,25-27,29,39H,5,18-20H2,1-4H3/t21-,25-,26-,27-,29?,33+,34-/m0/s1. The van der Waals surface area contributed by atoms with Gasteiger partial charge in [-0.2, -0.15) is 0 Å². The molecular formula is C34H38ClN3O4S. The molecule has 43 heavy (non-hydrogen) atoms. The van der Waals surface area contributed by atoms with Gasteiger partial charge in [0.2, 0.25) is 11.8 Å². The number of aliphatic hydroxyl groups is 1. The van der Waals surface area contributed by atoms with E-state index in [2.05, 4.69) is 6.08 Å². The van der Waals surface area contributed by atoms with Gasteiger partial charge in [0.15, 0.2) is 0 Å². The lowest BCUT2D eigenvalue weighted by Crippen LogP contribution is -2.58. The molecule has 6 rings (SSSR count). The number of thioether (sulfide) groups is 1. The van der Waals surface area contributed by atoms with Crippen molar-refractivity contribution in [2.75, 3.05) is 29.5 Å². The summed E-state index contributed by atoms with van der Waals surface area (Å²) >= 11 is 8.24. The van der Waals surface area contributed by atoms with Gasteiger partial charge in [-0.3, -0.25) is 14.4 Å². The number of anilines is 2. The van der Waals surface area contributed by atoms with E-state index in [0.717, 1.165) is 11.3 Å². The summed E-state index contributed by atoms with van der Waals surface area (Å²) in [4.78, 5) is 49.4. The predicted molar refractivity (Wildman–Crippen MR) is 172 cm³/mol. The minimum Gasteiger partial charge on any atom is -0.394 e. The number of aryl methyl sites for hydroxylation is 1. The Labute approximate surface area is 262 Å². The minimum absolute atomic E-state index is 0.0673. The van der Waals surface area contributed by atoms with Gasteiger partial charge in [0.1, 0.15) is 6.04 Å². The van der Waals surface area contributed by atoms with Crippen molar-refractivity contribution in [3.05, 3.63) is 83.4 Å². The summed E-state index contributed by atoms with van der Waals surface area (Å²) in [5.74, 6) is -2.20. The number of carbonyl (C=O) groups excluding carboxylic acids is 3. The van der Waals surface area contributed by atoms with Crippen LogP contribution in [0, 0.1) is 24.7 Å². The average Bonchev–Trinajstić information content (AvgIpc) is 3.26. The highest BCUT2D eigenvalue weighted by molar-refractivity contribution is 8.02. The second-order valence-electron chi connectivity index (χ2n) is 12.3. The first-order valence-corrected chi connectivity index (χ1v) is 16.2. The van der Waals surface area contributed by atoms with Gasteiger partial charge >= 0.3 is 0 Å². The summed E-state index contributed by atoms with van der Waals surface area (Å²) < 4.78 is -1.74. The number of aliphatic hydroxyl groups excluding tert-OH is 1. The summed E-state index contributed by atoms with van der Waals surface area (Å²) in [5.41, 5.74) is 2.24. The highest BCUT2D eigenvalue weighted by atomic mass is 35.5. The lowest BCUT2D eigenvalue weighted by atomic mass is 9.74. The van der Waals surface area contributed by atoms with Crippen LogP contribution in [0.4, 0.5) is 11.4 Å². The van der Waals surface area contributed by atoms with E-state index in [-0.39, 0.29) is 36.8 Å². The van der Waals surface area contributed by atoms with Crippen LogP contribution < -0.4 is 9.80 Å². The fourth-order valence-corrected chi connectivity index (χ4v) is 10.1. The van der Waals surface area contributed by atoms with Crippen LogP contribution in [0.25, 0.3) is 0 Å². The summed E-state index contributed by atoms with van der Waals surface area (Å²) in [5, 5.41) is 11.2. The topological polar surface area (TPSA) is 81.2 Å². The van der Waals surface area contributed by atoms with Crippen molar-refractivity contribution < 1.29 is 19.5 Å². The molecule has 1 N–H and O–H groups in total. The van der Waals surface area contributed by atoms with E-state index >= 15 is 0 Å². The zero-order chi connectivity index (χ0) is 30.7. The summed E-state index contributed by atoms with van der Waals surface area (Å²) in [7, 11) is 0. The van der Waals surface area contributed by atoms with Crippen molar-refractivity contribution in [3.8, 4) is 0 Å². The third kappa shape index (κ3) is 4.47. The maximum absolute atomic E-state index is 14.9. The first-order chi connectivity index (χ1) is 20.6. The normalized spacial score (nSPS) is 31.4. The third-order valence-corrected chi connectivity index (χ3v) is 12.0. The summed E-state index contributed by atoms with van der Waals surface area (Å²) in [6, 6.07) is 13.5. The van der Waals surface area contributed by atoms with Gasteiger partial charge in [-0.1, -0.05) is 86.5 Å². The molecule has 0 radical (unpaired) electrons. The van der Waals surface area contributed by atoms with Crippen LogP contribution in [0.15, 0.2) is 72.8 Å². The van der Waals surface area contributed by atoms with Gasteiger partial charge in [-0.05, 0) is 43.5 Å². The van der Waals surface area contributed by atoms with Crippen LogP contribution in [0.3, 0.4) is 0 Å². The number of fused-ring (bicyclic) bond motifs is 2. The Morgan fingerprint density at radius 1 is 0.953 bits per heavy atom. The van der Waals surface area contributed by atoms with Crippen LogP contribution >= 0.6 is 23.4 Å². The van der Waals surface area contributed by atoms with Crippen molar-refractivity contribution >= 4 is 52.5 Å². The van der Waals surface area contributed by atoms with E-state index in [1.807, 2.05) is 88.4 Å². The number of amides is 3. The molecular weight excluding hydrogens is 582 g/mol. The SMILES string of the molecule is CC[C@H](C)[C@H](CO)N1C(=O)[C@@H]2[C@H]3C(=O)N(c4ccccc4)CC=C[C@@]3(C)S[C@@]23C=CCN(c2c(C)cccc2Cl)C(=O)C13. The molecule has 3 amide bonds. The smallest absolute Gasteiger partial charge is 0.251 e. The molecule has 7 atom stereocenters. The van der Waals surface area contributed by atoms with E-state index in [4.69, 9.17) is 11.6 Å². The molecule has 4 aliphatic rings. The molecule has 1 spiro atoms. The monoisotopic (exact) mass is 619 g/mol. The lowest BCUT2D eigenvalue weighted by Gasteiger charge is -2.41. The molecule has 0 bridgehead atoms. The van der Waals surface area contributed by atoms with Gasteiger partial charge < -0.3 is 19.8 Å². The Hall–Kier alpha value is -3.07. The Morgan fingerprint density at radius 2 is 1.65 bits per heavy atom. The number of benzene rings is 2. The molecule has 2 aromatic carbocycles. The molecule has 9 heteroatoms. The molecule has 1 unspecified atom stereocenters. The molecule has 0 aromatic heterocycles. The maximum atomic E-state index is 14.9. The quantitative estimate of drug-likeness (QED) is 0.447. The zero-order valence-electron chi connectivity index (χ0n) is 24.9. The van der Waals surface area contributed by atoms with E-state index in [9.17, 15) is 19.5 Å². The summed E-state index contributed by atoms with van der Waals surface area (Å²) in [6.45, 7) is 8.35. The number of para-hydroxylation sites is 2. The Bertz CT molecular complexity index is 1490. The van der Waals surface area contributed by atoms with Crippen LogP contribution in [0.2, 0.25) is 5.02 Å². The zero-order valence-corrected chi connectivity index (χ0v) is 26.5. The molecule has 4 heterocycles. The predicted octanol–water partition coefficient (Wildman–Crippen LogP) is 5.25. The molecule has 7 nitrogen and oxygen atoms in total. The number of nitrogens with zero attached hydrogens (tertiary/aromatic N) is 3. The highest BCUT2D eigenvalue weighted by Crippen LogP contribution is 2.66. The number of hydrogen-bond donors (Lipinski definition) is 1. The number of likely N-dealkylation sites (tertiary alicyclic amines) is 1. The molecule has 226 valence electrons. The van der Waals surface area contributed by atoms with Crippen molar-refractivity contribution in [3.63, 3.8) is 0 Å². The number of hydrogen-bond acceptors (Lipinski definition) is 5. The Kier molecular flexibility index (Phi) is 7.76. The van der Waals surface area contributed by atoms with E-state index in [1.54, 1.807) is 32.5 Å². The number of halogens is 1. The van der Waals surface area contributed by atoms with Crippen molar-refractivity contribution in [2.45, 2.75) is 55.7 Å². The first-order valence-electron chi connectivity index (χ1n) is 15.0. The van der Waals surface area contributed by atoms with E-state index in [0.29, 0.717) is 23.7 Å². The van der Waals surface area contributed by atoms with Crippen LogP contribution in [0.5, 0.6) is 0 Å². The molecule has 4 aliphatic heterocycles. The third-order valence-electron chi connectivity index (χ3n) is 9.87. The van der Waals surface area contributed by atoms with Gasteiger partial charge in [-0.25, -0.2) is 0 Å². The van der Waals surface area contributed by atoms with Crippen LogP contribution in [0.1, 0.15) is 32.8 Å². The summed E-state index contributed by atoms with van der Waals surface area (Å²) in [6.07, 6.45) is 8.74. The fraction of sp³-hybridized carbons (Fsp3) is 0.441.